The van der Waals surface area contributed by atoms with Crippen molar-refractivity contribution in [1.29, 1.82) is 0 Å². The molecule has 17 heavy (non-hydrogen) atoms. The van der Waals surface area contributed by atoms with Gasteiger partial charge in [-0.15, -0.1) is 0 Å². The minimum absolute atomic E-state index is 0.147. The first-order valence-corrected chi connectivity index (χ1v) is 6.36. The standard InChI is InChI=1S/C14H20FNO/c1-10(11-6-8-12(15)9-7-11)16-13-4-2-3-5-14(13)17/h6-10,13-14,16-17H,2-5H2,1H3. The highest BCUT2D eigenvalue weighted by Crippen LogP contribution is 2.22. The summed E-state index contributed by atoms with van der Waals surface area (Å²) < 4.78 is 12.8. The summed E-state index contributed by atoms with van der Waals surface area (Å²) in [6.07, 6.45) is 3.95. The molecule has 1 aliphatic carbocycles. The van der Waals surface area contributed by atoms with Gasteiger partial charge in [0.15, 0.2) is 0 Å². The maximum atomic E-state index is 12.8. The number of hydrogen-bond acceptors (Lipinski definition) is 2. The maximum Gasteiger partial charge on any atom is 0.123 e. The second-order valence-electron chi connectivity index (χ2n) is 4.90. The molecular formula is C14H20FNO. The van der Waals surface area contributed by atoms with Crippen LogP contribution < -0.4 is 5.32 Å². The molecule has 2 nitrogen and oxygen atoms in total. The molecule has 0 amide bonds. The fourth-order valence-corrected chi connectivity index (χ4v) is 2.47. The molecule has 1 aromatic rings. The number of aliphatic hydroxyl groups excluding tert-OH is 1. The molecule has 0 spiro atoms. The number of benzene rings is 1. The van der Waals surface area contributed by atoms with Gasteiger partial charge in [0.25, 0.3) is 0 Å². The zero-order valence-electron chi connectivity index (χ0n) is 10.2. The Hall–Kier alpha value is -0.930. The molecule has 2 N–H and O–H groups in total. The molecule has 1 aromatic carbocycles. The van der Waals surface area contributed by atoms with Crippen molar-refractivity contribution in [2.75, 3.05) is 0 Å². The Bertz CT molecular complexity index is 352. The first-order valence-electron chi connectivity index (χ1n) is 6.36. The summed E-state index contributed by atoms with van der Waals surface area (Å²) in [5.41, 5.74) is 1.06. The Morgan fingerprint density at radius 3 is 2.53 bits per heavy atom. The topological polar surface area (TPSA) is 32.3 Å². The van der Waals surface area contributed by atoms with E-state index >= 15 is 0 Å². The van der Waals surface area contributed by atoms with E-state index in [1.54, 1.807) is 12.1 Å². The van der Waals surface area contributed by atoms with Gasteiger partial charge in [-0.05, 0) is 37.5 Å². The fourth-order valence-electron chi connectivity index (χ4n) is 2.47. The number of aliphatic hydroxyl groups is 1. The predicted molar refractivity (Wildman–Crippen MR) is 66.2 cm³/mol. The van der Waals surface area contributed by atoms with E-state index in [1.807, 2.05) is 0 Å². The number of rotatable bonds is 3. The fraction of sp³-hybridized carbons (Fsp3) is 0.571. The maximum absolute atomic E-state index is 12.8. The summed E-state index contributed by atoms with van der Waals surface area (Å²) in [5.74, 6) is -0.210. The normalized spacial score (nSPS) is 26.8. The van der Waals surface area contributed by atoms with E-state index in [0.29, 0.717) is 0 Å². The molecule has 3 atom stereocenters. The largest absolute Gasteiger partial charge is 0.392 e. The number of hydrogen-bond donors (Lipinski definition) is 2. The zero-order valence-corrected chi connectivity index (χ0v) is 10.2. The molecule has 1 fully saturated rings. The van der Waals surface area contributed by atoms with Gasteiger partial charge in [0, 0.05) is 12.1 Å². The molecule has 3 heteroatoms. The zero-order chi connectivity index (χ0) is 12.3. The van der Waals surface area contributed by atoms with Gasteiger partial charge in [-0.25, -0.2) is 4.39 Å². The van der Waals surface area contributed by atoms with Gasteiger partial charge in [-0.1, -0.05) is 25.0 Å². The van der Waals surface area contributed by atoms with Crippen molar-refractivity contribution in [1.82, 2.24) is 5.32 Å². The Morgan fingerprint density at radius 1 is 1.24 bits per heavy atom. The lowest BCUT2D eigenvalue weighted by Crippen LogP contribution is -2.43. The van der Waals surface area contributed by atoms with Crippen LogP contribution in [0.5, 0.6) is 0 Å². The molecule has 3 unspecified atom stereocenters. The second kappa shape index (κ2) is 5.61. The Morgan fingerprint density at radius 2 is 1.88 bits per heavy atom. The minimum atomic E-state index is -0.244. The Labute approximate surface area is 102 Å². The van der Waals surface area contributed by atoms with Crippen molar-refractivity contribution in [3.8, 4) is 0 Å². The second-order valence-corrected chi connectivity index (χ2v) is 4.90. The molecule has 0 aromatic heterocycles. The van der Waals surface area contributed by atoms with E-state index in [4.69, 9.17) is 0 Å². The predicted octanol–water partition coefficient (Wildman–Crippen LogP) is 2.78. The summed E-state index contributed by atoms with van der Waals surface area (Å²) in [6.45, 7) is 2.05. The quantitative estimate of drug-likeness (QED) is 0.847. The molecule has 1 saturated carbocycles. The summed E-state index contributed by atoms with van der Waals surface area (Å²) in [4.78, 5) is 0. The van der Waals surface area contributed by atoms with Crippen LogP contribution in [0.3, 0.4) is 0 Å². The van der Waals surface area contributed by atoms with Gasteiger partial charge in [-0.3, -0.25) is 0 Å². The van der Waals surface area contributed by atoms with Crippen molar-refractivity contribution in [2.24, 2.45) is 0 Å². The molecule has 0 aliphatic heterocycles. The van der Waals surface area contributed by atoms with Crippen LogP contribution in [-0.4, -0.2) is 17.3 Å². The molecule has 94 valence electrons. The molecule has 2 rings (SSSR count). The summed E-state index contributed by atoms with van der Waals surface area (Å²) in [6, 6.07) is 6.86. The first-order chi connectivity index (χ1) is 8.16. The highest BCUT2D eigenvalue weighted by Gasteiger charge is 2.24. The summed E-state index contributed by atoms with van der Waals surface area (Å²) in [5, 5.41) is 13.3. The third-order valence-corrected chi connectivity index (χ3v) is 3.56. The Kier molecular flexibility index (Phi) is 4.13. The molecule has 0 bridgehead atoms. The van der Waals surface area contributed by atoms with Gasteiger partial charge in [-0.2, -0.15) is 0 Å². The molecule has 1 aliphatic rings. The summed E-state index contributed by atoms with van der Waals surface area (Å²) in [7, 11) is 0. The van der Waals surface area contributed by atoms with Gasteiger partial charge >= 0.3 is 0 Å². The van der Waals surface area contributed by atoms with Crippen molar-refractivity contribution < 1.29 is 9.50 Å². The van der Waals surface area contributed by atoms with Crippen molar-refractivity contribution in [3.05, 3.63) is 35.6 Å². The van der Waals surface area contributed by atoms with Gasteiger partial charge in [0.05, 0.1) is 6.10 Å². The third-order valence-electron chi connectivity index (χ3n) is 3.56. The number of nitrogens with one attached hydrogen (secondary N) is 1. The third kappa shape index (κ3) is 3.27. The van der Waals surface area contributed by atoms with Crippen LogP contribution in [-0.2, 0) is 0 Å². The van der Waals surface area contributed by atoms with Crippen LogP contribution in [0.4, 0.5) is 4.39 Å². The number of halogens is 1. The molecule has 0 heterocycles. The van der Waals surface area contributed by atoms with E-state index in [1.165, 1.54) is 18.6 Å². The highest BCUT2D eigenvalue weighted by molar-refractivity contribution is 5.19. The Balaban J connectivity index is 1.95. The van der Waals surface area contributed by atoms with Gasteiger partial charge in [0.1, 0.15) is 5.82 Å². The van der Waals surface area contributed by atoms with Gasteiger partial charge < -0.3 is 10.4 Å². The lowest BCUT2D eigenvalue weighted by molar-refractivity contribution is 0.0860. The highest BCUT2D eigenvalue weighted by atomic mass is 19.1. The first kappa shape index (κ1) is 12.5. The lowest BCUT2D eigenvalue weighted by Gasteiger charge is -2.31. The van der Waals surface area contributed by atoms with Crippen LogP contribution in [0.2, 0.25) is 0 Å². The van der Waals surface area contributed by atoms with E-state index < -0.39 is 0 Å². The molecule has 0 saturated heterocycles. The van der Waals surface area contributed by atoms with Crippen molar-refractivity contribution in [2.45, 2.75) is 50.8 Å². The SMILES string of the molecule is CC(NC1CCCCC1O)c1ccc(F)cc1. The van der Waals surface area contributed by atoms with Crippen molar-refractivity contribution in [3.63, 3.8) is 0 Å². The average molecular weight is 237 g/mol. The van der Waals surface area contributed by atoms with Crippen LogP contribution >= 0.6 is 0 Å². The minimum Gasteiger partial charge on any atom is -0.392 e. The van der Waals surface area contributed by atoms with Crippen molar-refractivity contribution >= 4 is 0 Å². The van der Waals surface area contributed by atoms with Crippen LogP contribution in [0.15, 0.2) is 24.3 Å². The monoisotopic (exact) mass is 237 g/mol. The van der Waals surface area contributed by atoms with E-state index in [2.05, 4.69) is 12.2 Å². The van der Waals surface area contributed by atoms with E-state index in [-0.39, 0.29) is 24.0 Å². The van der Waals surface area contributed by atoms with E-state index in [9.17, 15) is 9.50 Å². The average Bonchev–Trinajstić information content (AvgIpc) is 2.33. The van der Waals surface area contributed by atoms with Crippen LogP contribution in [0.1, 0.15) is 44.2 Å². The molecular weight excluding hydrogens is 217 g/mol. The van der Waals surface area contributed by atoms with Crippen LogP contribution in [0, 0.1) is 5.82 Å². The van der Waals surface area contributed by atoms with Gasteiger partial charge in [0.2, 0.25) is 0 Å². The van der Waals surface area contributed by atoms with E-state index in [0.717, 1.165) is 24.8 Å². The van der Waals surface area contributed by atoms with Crippen LogP contribution in [0.25, 0.3) is 0 Å². The smallest absolute Gasteiger partial charge is 0.123 e. The summed E-state index contributed by atoms with van der Waals surface area (Å²) >= 11 is 0. The lowest BCUT2D eigenvalue weighted by atomic mass is 9.91. The molecule has 0 radical (unpaired) electrons.